The van der Waals surface area contributed by atoms with Gasteiger partial charge >= 0.3 is 0 Å². The lowest BCUT2D eigenvalue weighted by atomic mass is 9.83. The highest BCUT2D eigenvalue weighted by atomic mass is 35.5. The predicted molar refractivity (Wildman–Crippen MR) is 75.2 cm³/mol. The molecule has 2 aliphatic carbocycles. The quantitative estimate of drug-likeness (QED) is 0.678. The van der Waals surface area contributed by atoms with Crippen LogP contribution >= 0.6 is 11.6 Å². The molecular formula is C15H27ClO2. The molecule has 2 nitrogen and oxygen atoms in total. The van der Waals surface area contributed by atoms with Crippen molar-refractivity contribution >= 4 is 11.6 Å². The van der Waals surface area contributed by atoms with Gasteiger partial charge in [-0.3, -0.25) is 0 Å². The van der Waals surface area contributed by atoms with E-state index in [0.29, 0.717) is 6.10 Å². The van der Waals surface area contributed by atoms with Crippen molar-refractivity contribution in [3.63, 3.8) is 0 Å². The maximum absolute atomic E-state index is 6.30. The summed E-state index contributed by atoms with van der Waals surface area (Å²) in [6.07, 6.45) is 9.32. The van der Waals surface area contributed by atoms with Crippen LogP contribution in [-0.2, 0) is 9.47 Å². The van der Waals surface area contributed by atoms with E-state index in [0.717, 1.165) is 25.4 Å². The van der Waals surface area contributed by atoms with Gasteiger partial charge in [0.15, 0.2) is 0 Å². The molecule has 0 aliphatic heterocycles. The molecule has 0 spiro atoms. The van der Waals surface area contributed by atoms with Crippen LogP contribution in [-0.4, -0.2) is 30.3 Å². The monoisotopic (exact) mass is 274 g/mol. The lowest BCUT2D eigenvalue weighted by Gasteiger charge is -2.44. The molecular weight excluding hydrogens is 248 g/mol. The molecule has 0 aromatic heterocycles. The van der Waals surface area contributed by atoms with Crippen LogP contribution in [0.3, 0.4) is 0 Å². The van der Waals surface area contributed by atoms with E-state index in [1.807, 2.05) is 0 Å². The molecule has 0 N–H and O–H groups in total. The molecule has 3 heteroatoms. The van der Waals surface area contributed by atoms with Gasteiger partial charge < -0.3 is 9.47 Å². The van der Waals surface area contributed by atoms with Gasteiger partial charge in [0.25, 0.3) is 0 Å². The van der Waals surface area contributed by atoms with Crippen LogP contribution in [0.1, 0.15) is 58.8 Å². The first-order chi connectivity index (χ1) is 8.76. The molecule has 2 saturated carbocycles. The van der Waals surface area contributed by atoms with Gasteiger partial charge in [-0.25, -0.2) is 0 Å². The Balaban J connectivity index is 1.80. The van der Waals surface area contributed by atoms with Crippen molar-refractivity contribution in [3.05, 3.63) is 0 Å². The Morgan fingerprint density at radius 2 is 1.89 bits per heavy atom. The van der Waals surface area contributed by atoms with Gasteiger partial charge in [0, 0.05) is 6.61 Å². The number of rotatable bonds is 6. The van der Waals surface area contributed by atoms with Gasteiger partial charge in [-0.1, -0.05) is 33.1 Å². The highest BCUT2D eigenvalue weighted by Gasteiger charge is 2.43. The van der Waals surface area contributed by atoms with Gasteiger partial charge in [-0.15, -0.1) is 11.6 Å². The summed E-state index contributed by atoms with van der Waals surface area (Å²) in [5, 5.41) is 0.158. The summed E-state index contributed by atoms with van der Waals surface area (Å²) in [7, 11) is 0. The largest absolute Gasteiger partial charge is 0.374 e. The third kappa shape index (κ3) is 3.40. The van der Waals surface area contributed by atoms with Gasteiger partial charge in [-0.2, -0.15) is 0 Å². The normalized spacial score (nSPS) is 40.5. The maximum atomic E-state index is 6.30. The molecule has 0 aromatic carbocycles. The van der Waals surface area contributed by atoms with Crippen molar-refractivity contribution < 1.29 is 9.47 Å². The van der Waals surface area contributed by atoms with Crippen LogP contribution in [0.25, 0.3) is 0 Å². The third-order valence-corrected chi connectivity index (χ3v) is 4.83. The summed E-state index contributed by atoms with van der Waals surface area (Å²) in [5.74, 6) is 0.750. The van der Waals surface area contributed by atoms with E-state index in [9.17, 15) is 0 Å². The van der Waals surface area contributed by atoms with Gasteiger partial charge in [0.2, 0.25) is 0 Å². The van der Waals surface area contributed by atoms with Crippen LogP contribution in [0, 0.1) is 5.92 Å². The van der Waals surface area contributed by atoms with Crippen LogP contribution < -0.4 is 0 Å². The van der Waals surface area contributed by atoms with Crippen molar-refractivity contribution in [2.45, 2.75) is 82.5 Å². The molecule has 0 heterocycles. The van der Waals surface area contributed by atoms with E-state index in [1.54, 1.807) is 0 Å². The third-order valence-electron chi connectivity index (χ3n) is 4.41. The molecule has 0 radical (unpaired) electrons. The zero-order chi connectivity index (χ0) is 13.0. The molecule has 0 amide bonds. The summed E-state index contributed by atoms with van der Waals surface area (Å²) in [5.41, 5.74) is 0. The van der Waals surface area contributed by atoms with E-state index in [4.69, 9.17) is 21.1 Å². The fraction of sp³-hybridized carbons (Fsp3) is 1.00. The van der Waals surface area contributed by atoms with Crippen LogP contribution in [0.2, 0.25) is 0 Å². The Bertz CT molecular complexity index is 247. The molecule has 2 fully saturated rings. The standard InChI is InChI=1S/C15H27ClO2/c1-3-9-17-15-12(16)10-14(15)18-13-8-6-5-7-11(13)4-2/h11-15H,3-10H2,1-2H3. The molecule has 106 valence electrons. The molecule has 18 heavy (non-hydrogen) atoms. The second kappa shape index (κ2) is 7.12. The van der Waals surface area contributed by atoms with E-state index < -0.39 is 0 Å². The number of halogens is 1. The number of hydrogen-bond donors (Lipinski definition) is 0. The Morgan fingerprint density at radius 1 is 1.11 bits per heavy atom. The van der Waals surface area contributed by atoms with E-state index in [1.165, 1.54) is 32.1 Å². The molecule has 0 bridgehead atoms. The number of ether oxygens (including phenoxy) is 2. The first kappa shape index (κ1) is 14.6. The minimum absolute atomic E-state index is 0.131. The Kier molecular flexibility index (Phi) is 5.78. The zero-order valence-corrected chi connectivity index (χ0v) is 12.5. The van der Waals surface area contributed by atoms with E-state index in [-0.39, 0.29) is 17.6 Å². The maximum Gasteiger partial charge on any atom is 0.100 e. The van der Waals surface area contributed by atoms with Crippen molar-refractivity contribution in [3.8, 4) is 0 Å². The van der Waals surface area contributed by atoms with Gasteiger partial charge in [0.1, 0.15) is 6.10 Å². The topological polar surface area (TPSA) is 18.5 Å². The minimum atomic E-state index is 0.131. The highest BCUT2D eigenvalue weighted by Crippen LogP contribution is 2.37. The van der Waals surface area contributed by atoms with E-state index in [2.05, 4.69) is 13.8 Å². The minimum Gasteiger partial charge on any atom is -0.374 e. The lowest BCUT2D eigenvalue weighted by Crippen LogP contribution is -2.53. The summed E-state index contributed by atoms with van der Waals surface area (Å²) >= 11 is 6.23. The summed E-state index contributed by atoms with van der Waals surface area (Å²) in [4.78, 5) is 0. The molecule has 5 atom stereocenters. The fourth-order valence-corrected chi connectivity index (χ4v) is 3.58. The molecule has 0 aromatic rings. The lowest BCUT2D eigenvalue weighted by molar-refractivity contribution is -0.165. The van der Waals surface area contributed by atoms with Crippen molar-refractivity contribution in [2.75, 3.05) is 6.61 Å². The number of hydrogen-bond acceptors (Lipinski definition) is 2. The second-order valence-corrected chi connectivity index (χ2v) is 6.31. The first-order valence-electron chi connectivity index (χ1n) is 7.67. The van der Waals surface area contributed by atoms with Crippen LogP contribution in [0.5, 0.6) is 0 Å². The average molecular weight is 275 g/mol. The SMILES string of the molecule is CCCOC1C(Cl)CC1OC1CCCCC1CC. The Hall–Kier alpha value is 0.210. The predicted octanol–water partition coefficient (Wildman–Crippen LogP) is 4.15. The summed E-state index contributed by atoms with van der Waals surface area (Å²) < 4.78 is 12.1. The van der Waals surface area contributed by atoms with Crippen molar-refractivity contribution in [2.24, 2.45) is 5.92 Å². The van der Waals surface area contributed by atoms with E-state index >= 15 is 0 Å². The Labute approximate surface area is 116 Å². The van der Waals surface area contributed by atoms with Gasteiger partial charge in [0.05, 0.1) is 17.6 Å². The first-order valence-corrected chi connectivity index (χ1v) is 8.11. The summed E-state index contributed by atoms with van der Waals surface area (Å²) in [6.45, 7) is 5.21. The average Bonchev–Trinajstić information content (AvgIpc) is 2.39. The zero-order valence-electron chi connectivity index (χ0n) is 11.7. The van der Waals surface area contributed by atoms with Crippen molar-refractivity contribution in [1.82, 2.24) is 0 Å². The second-order valence-electron chi connectivity index (χ2n) is 5.75. The molecule has 2 rings (SSSR count). The van der Waals surface area contributed by atoms with Gasteiger partial charge in [-0.05, 0) is 31.6 Å². The fourth-order valence-electron chi connectivity index (χ4n) is 3.17. The molecule has 0 saturated heterocycles. The molecule has 2 aliphatic rings. The Morgan fingerprint density at radius 3 is 2.56 bits per heavy atom. The highest BCUT2D eigenvalue weighted by molar-refractivity contribution is 6.21. The summed E-state index contributed by atoms with van der Waals surface area (Å²) in [6, 6.07) is 0. The van der Waals surface area contributed by atoms with Crippen LogP contribution in [0.15, 0.2) is 0 Å². The number of alkyl halides is 1. The molecule has 5 unspecified atom stereocenters. The van der Waals surface area contributed by atoms with Crippen LogP contribution in [0.4, 0.5) is 0 Å². The van der Waals surface area contributed by atoms with Crippen molar-refractivity contribution in [1.29, 1.82) is 0 Å². The smallest absolute Gasteiger partial charge is 0.100 e.